The smallest absolute Gasteiger partial charge is 0.294 e. The highest BCUT2D eigenvalue weighted by molar-refractivity contribution is 5.24. The van der Waals surface area contributed by atoms with Crippen LogP contribution < -0.4 is 5.73 Å². The van der Waals surface area contributed by atoms with Gasteiger partial charge in [-0.25, -0.2) is 0 Å². The largest absolute Gasteiger partial charge is 0.330 e. The average molecular weight is 324 g/mol. The minimum atomic E-state index is -0.631. The second-order valence-electron chi connectivity index (χ2n) is 8.44. The first kappa shape index (κ1) is 18.2. The van der Waals surface area contributed by atoms with Gasteiger partial charge in [0.2, 0.25) is 0 Å². The van der Waals surface area contributed by atoms with E-state index < -0.39 is 5.09 Å². The van der Waals surface area contributed by atoms with Gasteiger partial charge in [0.25, 0.3) is 5.09 Å². The molecule has 0 spiro atoms. The van der Waals surface area contributed by atoms with Crippen LogP contribution in [-0.4, -0.2) is 17.7 Å². The lowest BCUT2D eigenvalue weighted by atomic mass is 9.50. The number of fused-ring (bicyclic) bond motifs is 2. The van der Waals surface area contributed by atoms with Crippen LogP contribution in [0.2, 0.25) is 0 Å². The maximum atomic E-state index is 10.9. The van der Waals surface area contributed by atoms with Crippen molar-refractivity contribution in [3.63, 3.8) is 0 Å². The number of nitrogens with two attached hydrogens (primary N) is 1. The molecule has 1 fully saturated rings. The third-order valence-electron chi connectivity index (χ3n) is 6.20. The standard InChI is InChI=1S/C18H32N2O3/c1-5-15(23-20(21)22)17(4)10-14-9-16(3,6-2)12-18(11-14,13-17)7-8-19/h10,15H,5-9,11-13,19H2,1-4H3. The minimum absolute atomic E-state index is 0.171. The Hall–Kier alpha value is -1.10. The third-order valence-corrected chi connectivity index (χ3v) is 6.20. The Bertz CT molecular complexity index is 493. The molecule has 5 nitrogen and oxygen atoms in total. The van der Waals surface area contributed by atoms with Crippen molar-refractivity contribution >= 4 is 0 Å². The van der Waals surface area contributed by atoms with Gasteiger partial charge in [0.1, 0.15) is 6.10 Å². The van der Waals surface area contributed by atoms with Crippen molar-refractivity contribution in [1.82, 2.24) is 0 Å². The summed E-state index contributed by atoms with van der Waals surface area (Å²) >= 11 is 0. The fourth-order valence-corrected chi connectivity index (χ4v) is 5.47. The molecule has 4 unspecified atom stereocenters. The van der Waals surface area contributed by atoms with Crippen LogP contribution >= 0.6 is 0 Å². The van der Waals surface area contributed by atoms with E-state index in [9.17, 15) is 10.1 Å². The van der Waals surface area contributed by atoms with E-state index in [2.05, 4.69) is 26.8 Å². The number of rotatable bonds is 7. The summed E-state index contributed by atoms with van der Waals surface area (Å²) in [5.41, 5.74) is 7.61. The fourth-order valence-electron chi connectivity index (χ4n) is 5.47. The van der Waals surface area contributed by atoms with Gasteiger partial charge in [-0.1, -0.05) is 45.8 Å². The molecule has 2 N–H and O–H groups in total. The van der Waals surface area contributed by atoms with E-state index in [0.29, 0.717) is 18.4 Å². The molecule has 2 aliphatic carbocycles. The molecule has 2 bridgehead atoms. The Morgan fingerprint density at radius 3 is 2.57 bits per heavy atom. The van der Waals surface area contributed by atoms with Crippen LogP contribution in [0.1, 0.15) is 72.6 Å². The molecule has 0 aromatic heterocycles. The maximum Gasteiger partial charge on any atom is 0.294 e. The lowest BCUT2D eigenvalue weighted by Crippen LogP contribution is -2.47. The molecular weight excluding hydrogens is 292 g/mol. The summed E-state index contributed by atoms with van der Waals surface area (Å²) in [6.07, 6.45) is 9.01. The van der Waals surface area contributed by atoms with Crippen LogP contribution in [0.5, 0.6) is 0 Å². The molecular formula is C18H32N2O3. The maximum absolute atomic E-state index is 10.9. The zero-order valence-corrected chi connectivity index (χ0v) is 15.1. The lowest BCUT2D eigenvalue weighted by molar-refractivity contribution is -0.772. The third kappa shape index (κ3) is 3.70. The van der Waals surface area contributed by atoms with E-state index in [1.807, 2.05) is 6.92 Å². The predicted octanol–water partition coefficient (Wildman–Crippen LogP) is 4.25. The molecule has 0 saturated heterocycles. The van der Waals surface area contributed by atoms with Gasteiger partial charge in [0.15, 0.2) is 0 Å². The molecule has 2 rings (SSSR count). The van der Waals surface area contributed by atoms with E-state index in [-0.39, 0.29) is 16.9 Å². The van der Waals surface area contributed by atoms with Crippen molar-refractivity contribution in [2.24, 2.45) is 22.0 Å². The molecule has 5 heteroatoms. The molecule has 0 heterocycles. The van der Waals surface area contributed by atoms with E-state index >= 15 is 0 Å². The Labute approximate surface area is 139 Å². The van der Waals surface area contributed by atoms with Crippen LogP contribution in [0.25, 0.3) is 0 Å². The van der Waals surface area contributed by atoms with Crippen molar-refractivity contribution in [3.05, 3.63) is 21.8 Å². The number of hydrogen-bond acceptors (Lipinski definition) is 4. The van der Waals surface area contributed by atoms with E-state index in [4.69, 9.17) is 10.6 Å². The van der Waals surface area contributed by atoms with Crippen molar-refractivity contribution in [1.29, 1.82) is 0 Å². The number of allylic oxidation sites excluding steroid dienone is 1. The van der Waals surface area contributed by atoms with Gasteiger partial charge in [-0.2, -0.15) is 0 Å². The quantitative estimate of drug-likeness (QED) is 0.431. The summed E-state index contributed by atoms with van der Waals surface area (Å²) in [6, 6.07) is 0. The van der Waals surface area contributed by atoms with Crippen molar-refractivity contribution in [2.75, 3.05) is 6.54 Å². The summed E-state index contributed by atoms with van der Waals surface area (Å²) in [6.45, 7) is 9.41. The summed E-state index contributed by atoms with van der Waals surface area (Å²) in [5, 5.41) is 10.3. The predicted molar refractivity (Wildman–Crippen MR) is 91.3 cm³/mol. The summed E-state index contributed by atoms with van der Waals surface area (Å²) in [5.74, 6) is 0. The molecule has 2 aliphatic rings. The molecule has 0 amide bonds. The van der Waals surface area contributed by atoms with Crippen LogP contribution in [0.3, 0.4) is 0 Å². The zero-order chi connectivity index (χ0) is 17.3. The second-order valence-corrected chi connectivity index (χ2v) is 8.44. The first-order valence-electron chi connectivity index (χ1n) is 8.92. The Kier molecular flexibility index (Phi) is 5.09. The van der Waals surface area contributed by atoms with Gasteiger partial charge >= 0.3 is 0 Å². The first-order chi connectivity index (χ1) is 10.7. The molecule has 0 radical (unpaired) electrons. The van der Waals surface area contributed by atoms with E-state index in [1.54, 1.807) is 0 Å². The highest BCUT2D eigenvalue weighted by atomic mass is 17.0. The van der Waals surface area contributed by atoms with Gasteiger partial charge in [-0.05, 0) is 55.9 Å². The van der Waals surface area contributed by atoms with Crippen molar-refractivity contribution in [2.45, 2.75) is 78.7 Å². The van der Waals surface area contributed by atoms with Gasteiger partial charge in [-0.15, -0.1) is 10.1 Å². The molecule has 0 aliphatic heterocycles. The van der Waals surface area contributed by atoms with Crippen LogP contribution in [0, 0.1) is 26.4 Å². The highest BCUT2D eigenvalue weighted by Gasteiger charge is 2.51. The summed E-state index contributed by atoms with van der Waals surface area (Å²) in [4.78, 5) is 16.0. The monoisotopic (exact) mass is 324 g/mol. The summed E-state index contributed by atoms with van der Waals surface area (Å²) < 4.78 is 0. The zero-order valence-electron chi connectivity index (χ0n) is 15.1. The fraction of sp³-hybridized carbons (Fsp3) is 0.889. The van der Waals surface area contributed by atoms with Crippen molar-refractivity contribution < 1.29 is 9.92 Å². The van der Waals surface area contributed by atoms with Gasteiger partial charge in [-0.3, -0.25) is 0 Å². The topological polar surface area (TPSA) is 78.4 Å². The van der Waals surface area contributed by atoms with Crippen molar-refractivity contribution in [3.8, 4) is 0 Å². The number of nitrogens with zero attached hydrogens (tertiary/aromatic N) is 1. The van der Waals surface area contributed by atoms with E-state index in [0.717, 1.165) is 38.5 Å². The molecule has 0 aromatic carbocycles. The summed E-state index contributed by atoms with van der Waals surface area (Å²) in [7, 11) is 0. The lowest BCUT2D eigenvalue weighted by Gasteiger charge is -2.55. The normalized spacial score (nSPS) is 37.9. The Balaban J connectivity index is 2.38. The Morgan fingerprint density at radius 2 is 2.04 bits per heavy atom. The SMILES string of the molecule is CCC(O[N+](=O)[O-])C1(C)C=C2CC(C)(CC)CC(CCN)(C2)C1. The van der Waals surface area contributed by atoms with Crippen LogP contribution in [0.4, 0.5) is 0 Å². The van der Waals surface area contributed by atoms with Gasteiger partial charge in [0, 0.05) is 5.41 Å². The number of hydrogen-bond donors (Lipinski definition) is 1. The Morgan fingerprint density at radius 1 is 1.35 bits per heavy atom. The molecule has 0 aromatic rings. The molecule has 132 valence electrons. The first-order valence-corrected chi connectivity index (χ1v) is 8.92. The minimum Gasteiger partial charge on any atom is -0.330 e. The molecule has 23 heavy (non-hydrogen) atoms. The molecule has 1 saturated carbocycles. The van der Waals surface area contributed by atoms with Gasteiger partial charge < -0.3 is 10.6 Å². The average Bonchev–Trinajstić information content (AvgIpc) is 2.42. The highest BCUT2D eigenvalue weighted by Crippen LogP contribution is 2.60. The van der Waals surface area contributed by atoms with Crippen LogP contribution in [0.15, 0.2) is 11.6 Å². The second kappa shape index (κ2) is 6.42. The van der Waals surface area contributed by atoms with Gasteiger partial charge in [0.05, 0.1) is 0 Å². The molecule has 4 atom stereocenters. The van der Waals surface area contributed by atoms with E-state index in [1.165, 1.54) is 5.57 Å². The van der Waals surface area contributed by atoms with Crippen LogP contribution in [-0.2, 0) is 4.84 Å².